The molecule has 0 spiro atoms. The van der Waals surface area contributed by atoms with Gasteiger partial charge < -0.3 is 9.63 Å². The van der Waals surface area contributed by atoms with Crippen LogP contribution in [0.5, 0.6) is 0 Å². The quantitative estimate of drug-likeness (QED) is 0.829. The van der Waals surface area contributed by atoms with Crippen LogP contribution in [0.2, 0.25) is 0 Å². The number of nitrogens with zero attached hydrogens (tertiary/aromatic N) is 1. The third kappa shape index (κ3) is 2.37. The Labute approximate surface area is 88.3 Å². The van der Waals surface area contributed by atoms with E-state index in [0.717, 1.165) is 24.2 Å². The zero-order chi connectivity index (χ0) is 10.7. The molecule has 1 aromatic heterocycles. The van der Waals surface area contributed by atoms with Gasteiger partial charge in [-0.1, -0.05) is 24.4 Å². The maximum absolute atomic E-state index is 10.6. The van der Waals surface area contributed by atoms with Crippen molar-refractivity contribution in [2.75, 3.05) is 0 Å². The summed E-state index contributed by atoms with van der Waals surface area (Å²) >= 11 is 0. The van der Waals surface area contributed by atoms with E-state index in [1.165, 1.54) is 25.5 Å². The highest BCUT2D eigenvalue weighted by atomic mass is 16.5. The molecule has 1 aliphatic carbocycles. The van der Waals surface area contributed by atoms with Crippen LogP contribution in [0.3, 0.4) is 0 Å². The highest BCUT2D eigenvalue weighted by Crippen LogP contribution is 2.34. The van der Waals surface area contributed by atoms with Gasteiger partial charge in [0.1, 0.15) is 5.76 Å². The van der Waals surface area contributed by atoms with Crippen molar-refractivity contribution >= 4 is 5.97 Å². The molecular weight excluding hydrogens is 194 g/mol. The number of aromatic nitrogens is 1. The molecule has 15 heavy (non-hydrogen) atoms. The molecule has 0 aromatic carbocycles. The molecule has 1 aromatic rings. The summed E-state index contributed by atoms with van der Waals surface area (Å²) < 4.78 is 5.19. The molecule has 0 amide bonds. The molecule has 0 saturated heterocycles. The van der Waals surface area contributed by atoms with Crippen LogP contribution in [0.4, 0.5) is 0 Å². The van der Waals surface area contributed by atoms with E-state index in [0.29, 0.717) is 5.92 Å². The van der Waals surface area contributed by atoms with Crippen molar-refractivity contribution in [3.05, 3.63) is 17.5 Å². The molecule has 1 fully saturated rings. The van der Waals surface area contributed by atoms with E-state index >= 15 is 0 Å². The number of hydrogen-bond donors (Lipinski definition) is 1. The lowest BCUT2D eigenvalue weighted by atomic mass is 9.86. The van der Waals surface area contributed by atoms with E-state index in [1.807, 2.05) is 0 Å². The van der Waals surface area contributed by atoms with Crippen molar-refractivity contribution < 1.29 is 14.4 Å². The molecule has 0 aliphatic heterocycles. The number of carboxylic acid groups (broad SMARTS) is 1. The first kappa shape index (κ1) is 10.2. The summed E-state index contributed by atoms with van der Waals surface area (Å²) in [7, 11) is 0. The van der Waals surface area contributed by atoms with Crippen molar-refractivity contribution in [1.82, 2.24) is 5.16 Å². The van der Waals surface area contributed by atoms with Crippen LogP contribution in [0.15, 0.2) is 10.7 Å². The van der Waals surface area contributed by atoms with Gasteiger partial charge in [0.15, 0.2) is 0 Å². The normalized spacial score (nSPS) is 17.9. The van der Waals surface area contributed by atoms with Crippen molar-refractivity contribution in [3.63, 3.8) is 0 Å². The van der Waals surface area contributed by atoms with Crippen LogP contribution >= 0.6 is 0 Å². The summed E-state index contributed by atoms with van der Waals surface area (Å²) in [6.45, 7) is 0. The summed E-state index contributed by atoms with van der Waals surface area (Å²) in [5, 5.41) is 12.5. The molecule has 82 valence electrons. The first-order valence-electron chi connectivity index (χ1n) is 5.42. The maximum atomic E-state index is 10.6. The molecule has 1 saturated carbocycles. The van der Waals surface area contributed by atoms with E-state index in [2.05, 4.69) is 5.16 Å². The van der Waals surface area contributed by atoms with E-state index in [9.17, 15) is 4.79 Å². The fourth-order valence-electron chi connectivity index (χ4n) is 2.27. The second kappa shape index (κ2) is 4.47. The predicted molar refractivity (Wildman–Crippen MR) is 53.7 cm³/mol. The largest absolute Gasteiger partial charge is 0.481 e. The van der Waals surface area contributed by atoms with Gasteiger partial charge >= 0.3 is 5.97 Å². The first-order valence-corrected chi connectivity index (χ1v) is 5.42. The Bertz CT molecular complexity index is 339. The lowest BCUT2D eigenvalue weighted by molar-refractivity contribution is -0.136. The van der Waals surface area contributed by atoms with Crippen LogP contribution in [-0.2, 0) is 11.2 Å². The Morgan fingerprint density at radius 3 is 2.87 bits per heavy atom. The number of aliphatic carboxylic acids is 1. The van der Waals surface area contributed by atoms with Crippen LogP contribution in [0.25, 0.3) is 0 Å². The molecule has 2 rings (SSSR count). The van der Waals surface area contributed by atoms with Crippen LogP contribution < -0.4 is 0 Å². The van der Waals surface area contributed by atoms with Gasteiger partial charge in [-0.2, -0.15) is 0 Å². The number of rotatable bonds is 3. The lowest BCUT2D eigenvalue weighted by Crippen LogP contribution is -2.08. The third-order valence-corrected chi connectivity index (χ3v) is 2.99. The Hall–Kier alpha value is -1.32. The average molecular weight is 209 g/mol. The van der Waals surface area contributed by atoms with Gasteiger partial charge in [0, 0.05) is 11.5 Å². The monoisotopic (exact) mass is 209 g/mol. The minimum Gasteiger partial charge on any atom is -0.481 e. The van der Waals surface area contributed by atoms with Crippen molar-refractivity contribution in [3.8, 4) is 0 Å². The molecule has 1 aliphatic rings. The van der Waals surface area contributed by atoms with Crippen molar-refractivity contribution in [2.24, 2.45) is 0 Å². The van der Waals surface area contributed by atoms with Crippen molar-refractivity contribution in [2.45, 2.75) is 44.4 Å². The van der Waals surface area contributed by atoms with Gasteiger partial charge in [0.05, 0.1) is 12.6 Å². The number of carboxylic acids is 1. The number of carbonyl (C=O) groups is 1. The summed E-state index contributed by atoms with van der Waals surface area (Å²) in [5.41, 5.74) is 0.745. The van der Waals surface area contributed by atoms with E-state index < -0.39 is 5.97 Å². The minimum absolute atomic E-state index is 0.0231. The van der Waals surface area contributed by atoms with Gasteiger partial charge in [-0.05, 0) is 12.8 Å². The molecule has 0 unspecified atom stereocenters. The molecular formula is C11H15NO3. The molecule has 0 radical (unpaired) electrons. The molecule has 1 heterocycles. The summed E-state index contributed by atoms with van der Waals surface area (Å²) in [5.74, 6) is 0.364. The van der Waals surface area contributed by atoms with Gasteiger partial charge in [-0.25, -0.2) is 0 Å². The zero-order valence-corrected chi connectivity index (χ0v) is 8.61. The predicted octanol–water partition coefficient (Wildman–Crippen LogP) is 2.35. The number of hydrogen-bond acceptors (Lipinski definition) is 3. The highest BCUT2D eigenvalue weighted by molar-refractivity contribution is 5.70. The highest BCUT2D eigenvalue weighted by Gasteiger charge is 2.23. The van der Waals surface area contributed by atoms with Crippen LogP contribution in [0, 0.1) is 0 Å². The molecule has 1 N–H and O–H groups in total. The zero-order valence-electron chi connectivity index (χ0n) is 8.61. The Balaban J connectivity index is 2.12. The minimum atomic E-state index is -0.824. The summed E-state index contributed by atoms with van der Waals surface area (Å²) in [4.78, 5) is 10.6. The Kier molecular flexibility index (Phi) is 3.04. The lowest BCUT2D eigenvalue weighted by Gasteiger charge is -2.19. The topological polar surface area (TPSA) is 63.3 Å². The van der Waals surface area contributed by atoms with Crippen LogP contribution in [0.1, 0.15) is 49.3 Å². The SMILES string of the molecule is O=C(O)Cc1cnoc1C1CCCCC1. The standard InChI is InChI=1S/C11H15NO3/c13-10(14)6-9-7-12-15-11(9)8-4-2-1-3-5-8/h7-8H,1-6H2,(H,13,14). The second-order valence-corrected chi connectivity index (χ2v) is 4.12. The van der Waals surface area contributed by atoms with Crippen molar-refractivity contribution in [1.29, 1.82) is 0 Å². The second-order valence-electron chi connectivity index (χ2n) is 4.12. The molecule has 4 nitrogen and oxygen atoms in total. The summed E-state index contributed by atoms with van der Waals surface area (Å²) in [6.07, 6.45) is 7.45. The van der Waals surface area contributed by atoms with E-state index in [1.54, 1.807) is 0 Å². The molecule has 0 atom stereocenters. The Morgan fingerprint density at radius 1 is 1.47 bits per heavy atom. The maximum Gasteiger partial charge on any atom is 0.308 e. The smallest absolute Gasteiger partial charge is 0.308 e. The first-order chi connectivity index (χ1) is 7.27. The van der Waals surface area contributed by atoms with Gasteiger partial charge in [-0.15, -0.1) is 0 Å². The van der Waals surface area contributed by atoms with E-state index in [4.69, 9.17) is 9.63 Å². The molecule has 0 bridgehead atoms. The fraction of sp³-hybridized carbons (Fsp3) is 0.636. The Morgan fingerprint density at radius 2 is 2.20 bits per heavy atom. The summed E-state index contributed by atoms with van der Waals surface area (Å²) in [6, 6.07) is 0. The van der Waals surface area contributed by atoms with Crippen LogP contribution in [-0.4, -0.2) is 16.2 Å². The van der Waals surface area contributed by atoms with Gasteiger partial charge in [-0.3, -0.25) is 4.79 Å². The fourth-order valence-corrected chi connectivity index (χ4v) is 2.27. The van der Waals surface area contributed by atoms with E-state index in [-0.39, 0.29) is 6.42 Å². The van der Waals surface area contributed by atoms with Gasteiger partial charge in [0.2, 0.25) is 0 Å². The average Bonchev–Trinajstić information content (AvgIpc) is 2.66. The third-order valence-electron chi connectivity index (χ3n) is 2.99. The molecule has 4 heteroatoms. The van der Waals surface area contributed by atoms with Gasteiger partial charge in [0.25, 0.3) is 0 Å².